The van der Waals surface area contributed by atoms with Crippen LogP contribution in [0.5, 0.6) is 0 Å². The number of hydrogen-bond acceptors (Lipinski definition) is 6. The predicted molar refractivity (Wildman–Crippen MR) is 143 cm³/mol. The Kier molecular flexibility index (Phi) is 7.95. The molecule has 0 spiro atoms. The summed E-state index contributed by atoms with van der Waals surface area (Å²) in [6.07, 6.45) is 3.67. The highest BCUT2D eigenvalue weighted by Crippen LogP contribution is 2.27. The average Bonchev–Trinajstić information content (AvgIpc) is 3.25. The van der Waals surface area contributed by atoms with Gasteiger partial charge in [0, 0.05) is 43.7 Å². The lowest BCUT2D eigenvalue weighted by Crippen LogP contribution is -2.41. The minimum Gasteiger partial charge on any atom is -0.379 e. The van der Waals surface area contributed by atoms with Crippen molar-refractivity contribution in [3.05, 3.63) is 89.2 Å². The molecule has 0 saturated carbocycles. The number of amides is 1. The lowest BCUT2D eigenvalue weighted by Gasteiger charge is -2.26. The van der Waals surface area contributed by atoms with Crippen molar-refractivity contribution < 1.29 is 9.53 Å². The number of benzene rings is 2. The Morgan fingerprint density at radius 2 is 1.92 bits per heavy atom. The summed E-state index contributed by atoms with van der Waals surface area (Å²) in [7, 11) is 0. The van der Waals surface area contributed by atoms with Gasteiger partial charge in [0.15, 0.2) is 5.16 Å². The summed E-state index contributed by atoms with van der Waals surface area (Å²) < 4.78 is 7.60. The zero-order valence-electron chi connectivity index (χ0n) is 20.5. The van der Waals surface area contributed by atoms with E-state index in [1.54, 1.807) is 18.0 Å². The van der Waals surface area contributed by atoms with Crippen molar-refractivity contribution in [2.24, 2.45) is 0 Å². The van der Waals surface area contributed by atoms with E-state index in [0.717, 1.165) is 66.9 Å². The van der Waals surface area contributed by atoms with Crippen molar-refractivity contribution in [1.29, 1.82) is 0 Å². The Morgan fingerprint density at radius 1 is 1.08 bits per heavy atom. The lowest BCUT2D eigenvalue weighted by molar-refractivity contribution is 0.0383. The number of ether oxygens (including phenoxy) is 1. The molecular formula is C28H31N5O2S. The molecule has 0 aliphatic carbocycles. The number of fused-ring (bicyclic) bond motifs is 1. The van der Waals surface area contributed by atoms with E-state index in [9.17, 15) is 4.79 Å². The smallest absolute Gasteiger partial charge is 0.251 e. The van der Waals surface area contributed by atoms with Crippen molar-refractivity contribution in [1.82, 2.24) is 24.8 Å². The minimum atomic E-state index is -0.0325. The van der Waals surface area contributed by atoms with Crippen LogP contribution in [0.25, 0.3) is 11.0 Å². The van der Waals surface area contributed by atoms with Crippen LogP contribution in [0, 0.1) is 6.92 Å². The quantitative estimate of drug-likeness (QED) is 0.348. The van der Waals surface area contributed by atoms with E-state index in [0.29, 0.717) is 12.1 Å². The molecular weight excluding hydrogens is 470 g/mol. The summed E-state index contributed by atoms with van der Waals surface area (Å²) >= 11 is 1.70. The normalized spacial score (nSPS) is 14.2. The van der Waals surface area contributed by atoms with E-state index in [1.165, 1.54) is 11.1 Å². The maximum atomic E-state index is 12.5. The first-order valence-electron chi connectivity index (χ1n) is 12.3. The van der Waals surface area contributed by atoms with Gasteiger partial charge < -0.3 is 14.6 Å². The molecule has 5 rings (SSSR count). The molecule has 1 aliphatic rings. The second kappa shape index (κ2) is 11.7. The largest absolute Gasteiger partial charge is 0.379 e. The molecule has 1 N–H and O–H groups in total. The number of nitrogens with zero attached hydrogens (tertiary/aromatic N) is 4. The van der Waals surface area contributed by atoms with Crippen molar-refractivity contribution in [3.8, 4) is 0 Å². The Bertz CT molecular complexity index is 1320. The number of nitrogens with one attached hydrogen (secondary N) is 1. The molecule has 0 unspecified atom stereocenters. The fourth-order valence-corrected chi connectivity index (χ4v) is 5.33. The van der Waals surface area contributed by atoms with Crippen LogP contribution < -0.4 is 5.32 Å². The fraction of sp³-hybridized carbons (Fsp3) is 0.321. The Morgan fingerprint density at radius 3 is 2.72 bits per heavy atom. The lowest BCUT2D eigenvalue weighted by atomic mass is 10.1. The maximum Gasteiger partial charge on any atom is 0.251 e. The SMILES string of the molecule is Cc1cccc(Cn2c(SCc3ccc(C(=O)NCCN4CCOCC4)cc3)nc3ccncc32)c1. The number of carbonyl (C=O) groups is 1. The summed E-state index contributed by atoms with van der Waals surface area (Å²) in [5.41, 5.74) is 6.30. The third-order valence-electron chi connectivity index (χ3n) is 6.34. The van der Waals surface area contributed by atoms with Crippen molar-refractivity contribution >= 4 is 28.7 Å². The van der Waals surface area contributed by atoms with Crippen molar-refractivity contribution in [2.75, 3.05) is 39.4 Å². The molecule has 8 heteroatoms. The standard InChI is InChI=1S/C28H31N5O2S/c1-21-3-2-4-23(17-21)19-33-26-18-29-10-9-25(26)31-28(33)36-20-22-5-7-24(8-6-22)27(34)30-11-12-32-13-15-35-16-14-32/h2-10,17-18H,11-16,19-20H2,1H3,(H,30,34). The number of aryl methyl sites for hydroxylation is 1. The van der Waals surface area contributed by atoms with Crippen LogP contribution in [0.1, 0.15) is 27.0 Å². The number of morpholine rings is 1. The first-order valence-corrected chi connectivity index (χ1v) is 13.3. The third kappa shape index (κ3) is 6.13. The summed E-state index contributed by atoms with van der Waals surface area (Å²) in [5, 5.41) is 3.99. The monoisotopic (exact) mass is 501 g/mol. The van der Waals surface area contributed by atoms with E-state index in [-0.39, 0.29) is 5.91 Å². The Hall–Kier alpha value is -3.20. The van der Waals surface area contributed by atoms with E-state index in [2.05, 4.69) is 51.0 Å². The highest BCUT2D eigenvalue weighted by atomic mass is 32.2. The third-order valence-corrected chi connectivity index (χ3v) is 7.39. The molecule has 2 aromatic heterocycles. The van der Waals surface area contributed by atoms with Gasteiger partial charge >= 0.3 is 0 Å². The molecule has 7 nitrogen and oxygen atoms in total. The number of pyridine rings is 1. The highest BCUT2D eigenvalue weighted by molar-refractivity contribution is 7.98. The molecule has 1 saturated heterocycles. The van der Waals surface area contributed by atoms with Crippen molar-refractivity contribution in [2.45, 2.75) is 24.4 Å². The first kappa shape index (κ1) is 24.5. The van der Waals surface area contributed by atoms with Gasteiger partial charge in [-0.2, -0.15) is 0 Å². The van der Waals surface area contributed by atoms with Crippen LogP contribution >= 0.6 is 11.8 Å². The van der Waals surface area contributed by atoms with Gasteiger partial charge in [0.1, 0.15) is 0 Å². The molecule has 186 valence electrons. The van der Waals surface area contributed by atoms with Crippen LogP contribution in [0.3, 0.4) is 0 Å². The minimum absolute atomic E-state index is 0.0325. The van der Waals surface area contributed by atoms with Gasteiger partial charge in [0.25, 0.3) is 5.91 Å². The summed E-state index contributed by atoms with van der Waals surface area (Å²) in [4.78, 5) is 24.0. The summed E-state index contributed by atoms with van der Waals surface area (Å²) in [6, 6.07) is 18.4. The zero-order chi connectivity index (χ0) is 24.7. The van der Waals surface area contributed by atoms with Crippen LogP contribution in [-0.4, -0.2) is 64.7 Å². The van der Waals surface area contributed by atoms with Gasteiger partial charge in [-0.3, -0.25) is 14.7 Å². The van der Waals surface area contributed by atoms with Gasteiger partial charge in [-0.15, -0.1) is 0 Å². The number of thioether (sulfide) groups is 1. The molecule has 3 heterocycles. The predicted octanol–water partition coefficient (Wildman–Crippen LogP) is 4.14. The number of carbonyl (C=O) groups excluding carboxylic acids is 1. The number of imidazole rings is 1. The molecule has 1 amide bonds. The highest BCUT2D eigenvalue weighted by Gasteiger charge is 2.14. The van der Waals surface area contributed by atoms with Gasteiger partial charge in [0.2, 0.25) is 0 Å². The molecule has 4 aromatic rings. The van der Waals surface area contributed by atoms with Gasteiger partial charge in [-0.25, -0.2) is 4.98 Å². The summed E-state index contributed by atoms with van der Waals surface area (Å²) in [6.45, 7) is 7.75. The molecule has 1 fully saturated rings. The van der Waals surface area contributed by atoms with E-state index < -0.39 is 0 Å². The van der Waals surface area contributed by atoms with Crippen LogP contribution in [0.4, 0.5) is 0 Å². The van der Waals surface area contributed by atoms with E-state index >= 15 is 0 Å². The van der Waals surface area contributed by atoms with Gasteiger partial charge in [-0.05, 0) is 36.2 Å². The second-order valence-electron chi connectivity index (χ2n) is 9.03. The molecule has 1 aliphatic heterocycles. The van der Waals surface area contributed by atoms with Crippen LogP contribution in [0.2, 0.25) is 0 Å². The average molecular weight is 502 g/mol. The van der Waals surface area contributed by atoms with E-state index in [4.69, 9.17) is 9.72 Å². The molecule has 0 radical (unpaired) electrons. The van der Waals surface area contributed by atoms with E-state index in [1.807, 2.05) is 36.5 Å². The number of rotatable bonds is 9. The molecule has 2 aromatic carbocycles. The zero-order valence-corrected chi connectivity index (χ0v) is 21.3. The number of hydrogen-bond donors (Lipinski definition) is 1. The fourth-order valence-electron chi connectivity index (χ4n) is 4.36. The van der Waals surface area contributed by atoms with Crippen molar-refractivity contribution in [3.63, 3.8) is 0 Å². The Balaban J connectivity index is 1.21. The first-order chi connectivity index (χ1) is 17.7. The molecule has 0 atom stereocenters. The Labute approximate surface area is 215 Å². The topological polar surface area (TPSA) is 72.3 Å². The molecule has 0 bridgehead atoms. The molecule has 36 heavy (non-hydrogen) atoms. The van der Waals surface area contributed by atoms with Gasteiger partial charge in [-0.1, -0.05) is 53.7 Å². The second-order valence-corrected chi connectivity index (χ2v) is 9.97. The summed E-state index contributed by atoms with van der Waals surface area (Å²) in [5.74, 6) is 0.735. The van der Waals surface area contributed by atoms with Crippen LogP contribution in [-0.2, 0) is 17.0 Å². The number of aromatic nitrogens is 3. The maximum absolute atomic E-state index is 12.5. The van der Waals surface area contributed by atoms with Gasteiger partial charge in [0.05, 0.1) is 37.0 Å². The van der Waals surface area contributed by atoms with Crippen LogP contribution in [0.15, 0.2) is 72.1 Å².